The number of likely N-dealkylation sites (N-methyl/N-ethyl adjacent to an activating group) is 1. The van der Waals surface area contributed by atoms with Crippen molar-refractivity contribution in [1.29, 1.82) is 0 Å². The molecule has 5 nitrogen and oxygen atoms in total. The molecule has 0 radical (unpaired) electrons. The second-order valence-electron chi connectivity index (χ2n) is 5.02. The van der Waals surface area contributed by atoms with Crippen LogP contribution in [0.2, 0.25) is 0 Å². The number of hydrogen-bond acceptors (Lipinski definition) is 4. The van der Waals surface area contributed by atoms with E-state index in [1.165, 1.54) is 0 Å². The van der Waals surface area contributed by atoms with Crippen molar-refractivity contribution in [2.45, 2.75) is 23.5 Å². The Morgan fingerprint density at radius 3 is 2.30 bits per heavy atom. The van der Waals surface area contributed by atoms with Crippen LogP contribution in [-0.2, 0) is 14.6 Å². The topological polar surface area (TPSA) is 75.3 Å². The standard InChI is InChI=1S/C13H19BrN2O3S/c1-13(2,9-16-12(17)8-15-3)20(18,19)11-6-4-10(14)5-7-11/h4-7,15H,8-9H2,1-3H3,(H,16,17). The van der Waals surface area contributed by atoms with Crippen molar-refractivity contribution in [3.63, 3.8) is 0 Å². The van der Waals surface area contributed by atoms with Gasteiger partial charge in [0.2, 0.25) is 5.91 Å². The van der Waals surface area contributed by atoms with Gasteiger partial charge in [-0.05, 0) is 45.2 Å². The van der Waals surface area contributed by atoms with Crippen molar-refractivity contribution in [1.82, 2.24) is 10.6 Å². The van der Waals surface area contributed by atoms with Gasteiger partial charge in [-0.2, -0.15) is 0 Å². The quantitative estimate of drug-likeness (QED) is 0.800. The summed E-state index contributed by atoms with van der Waals surface area (Å²) >= 11 is 3.27. The van der Waals surface area contributed by atoms with Crippen molar-refractivity contribution < 1.29 is 13.2 Å². The van der Waals surface area contributed by atoms with E-state index < -0.39 is 14.6 Å². The molecule has 0 fully saturated rings. The average Bonchev–Trinajstić information content (AvgIpc) is 2.37. The summed E-state index contributed by atoms with van der Waals surface area (Å²) in [5.74, 6) is -0.230. The maximum absolute atomic E-state index is 12.6. The number of hydrogen-bond donors (Lipinski definition) is 2. The molecule has 0 aliphatic rings. The number of benzene rings is 1. The molecule has 0 aliphatic heterocycles. The maximum atomic E-state index is 12.6. The lowest BCUT2D eigenvalue weighted by molar-refractivity contribution is -0.120. The number of amides is 1. The van der Waals surface area contributed by atoms with E-state index in [1.807, 2.05) is 0 Å². The van der Waals surface area contributed by atoms with E-state index in [4.69, 9.17) is 0 Å². The van der Waals surface area contributed by atoms with E-state index in [-0.39, 0.29) is 23.9 Å². The Kier molecular flexibility index (Phi) is 5.73. The van der Waals surface area contributed by atoms with Crippen molar-refractivity contribution in [3.05, 3.63) is 28.7 Å². The number of sulfone groups is 1. The maximum Gasteiger partial charge on any atom is 0.233 e. The Labute approximate surface area is 128 Å². The smallest absolute Gasteiger partial charge is 0.233 e. The van der Waals surface area contributed by atoms with Gasteiger partial charge < -0.3 is 10.6 Å². The molecule has 0 saturated heterocycles. The summed E-state index contributed by atoms with van der Waals surface area (Å²) in [5.41, 5.74) is 0. The van der Waals surface area contributed by atoms with Crippen LogP contribution in [0.5, 0.6) is 0 Å². The van der Waals surface area contributed by atoms with Crippen LogP contribution in [0.15, 0.2) is 33.6 Å². The minimum atomic E-state index is -3.52. The molecule has 1 rings (SSSR count). The third kappa shape index (κ3) is 4.04. The Morgan fingerprint density at radius 1 is 1.25 bits per heavy atom. The first-order chi connectivity index (χ1) is 9.20. The largest absolute Gasteiger partial charge is 0.353 e. The van der Waals surface area contributed by atoms with Crippen molar-refractivity contribution in [2.75, 3.05) is 20.1 Å². The van der Waals surface area contributed by atoms with Crippen LogP contribution >= 0.6 is 15.9 Å². The molecule has 0 aromatic heterocycles. The summed E-state index contributed by atoms with van der Waals surface area (Å²) in [6.07, 6.45) is 0. The zero-order valence-corrected chi connectivity index (χ0v) is 14.1. The first-order valence-corrected chi connectivity index (χ1v) is 8.40. The lowest BCUT2D eigenvalue weighted by Gasteiger charge is -2.25. The highest BCUT2D eigenvalue weighted by molar-refractivity contribution is 9.10. The van der Waals surface area contributed by atoms with Gasteiger partial charge in [0.15, 0.2) is 9.84 Å². The minimum absolute atomic E-state index is 0.0614. The van der Waals surface area contributed by atoms with E-state index >= 15 is 0 Å². The highest BCUT2D eigenvalue weighted by atomic mass is 79.9. The van der Waals surface area contributed by atoms with Gasteiger partial charge in [0, 0.05) is 11.0 Å². The van der Waals surface area contributed by atoms with Gasteiger partial charge in [-0.25, -0.2) is 8.42 Å². The fourth-order valence-corrected chi connectivity index (χ4v) is 3.22. The Balaban J connectivity index is 2.89. The van der Waals surface area contributed by atoms with E-state index in [9.17, 15) is 13.2 Å². The summed E-state index contributed by atoms with van der Waals surface area (Å²) in [4.78, 5) is 11.7. The van der Waals surface area contributed by atoms with Crippen LogP contribution in [0.4, 0.5) is 0 Å². The third-order valence-corrected chi connectivity index (χ3v) is 5.92. The normalized spacial score (nSPS) is 12.2. The van der Waals surface area contributed by atoms with Crippen LogP contribution < -0.4 is 10.6 Å². The monoisotopic (exact) mass is 362 g/mol. The Hall–Kier alpha value is -0.920. The number of carbonyl (C=O) groups excluding carboxylic acids is 1. The third-order valence-electron chi connectivity index (χ3n) is 2.90. The summed E-state index contributed by atoms with van der Waals surface area (Å²) in [7, 11) is -1.87. The number of nitrogens with one attached hydrogen (secondary N) is 2. The summed E-state index contributed by atoms with van der Waals surface area (Å²) in [5, 5.41) is 5.33. The predicted molar refractivity (Wildman–Crippen MR) is 82.3 cm³/mol. The molecule has 0 saturated carbocycles. The molecule has 20 heavy (non-hydrogen) atoms. The summed E-state index contributed by atoms with van der Waals surface area (Å²) in [6, 6.07) is 6.47. The van der Waals surface area contributed by atoms with Gasteiger partial charge in [-0.3, -0.25) is 4.79 Å². The van der Waals surface area contributed by atoms with Gasteiger partial charge in [-0.15, -0.1) is 0 Å². The zero-order chi connectivity index (χ0) is 15.4. The molecule has 7 heteroatoms. The number of halogens is 1. The van der Waals surface area contributed by atoms with Crippen LogP contribution in [0.1, 0.15) is 13.8 Å². The molecule has 0 bridgehead atoms. The van der Waals surface area contributed by atoms with Gasteiger partial charge in [0.25, 0.3) is 0 Å². The van der Waals surface area contributed by atoms with Crippen LogP contribution in [-0.4, -0.2) is 39.2 Å². The number of rotatable bonds is 6. The van der Waals surface area contributed by atoms with Crippen LogP contribution in [0, 0.1) is 0 Å². The predicted octanol–water partition coefficient (Wildman–Crippen LogP) is 1.34. The first-order valence-electron chi connectivity index (χ1n) is 6.12. The average molecular weight is 363 g/mol. The van der Waals surface area contributed by atoms with E-state index in [0.29, 0.717) is 0 Å². The minimum Gasteiger partial charge on any atom is -0.353 e. The van der Waals surface area contributed by atoms with E-state index in [2.05, 4.69) is 26.6 Å². The van der Waals surface area contributed by atoms with Crippen LogP contribution in [0.3, 0.4) is 0 Å². The lowest BCUT2D eigenvalue weighted by Crippen LogP contribution is -2.46. The van der Waals surface area contributed by atoms with Gasteiger partial charge in [-0.1, -0.05) is 15.9 Å². The highest BCUT2D eigenvalue weighted by Gasteiger charge is 2.35. The molecule has 0 unspecified atom stereocenters. The Morgan fingerprint density at radius 2 is 1.80 bits per heavy atom. The molecule has 0 spiro atoms. The molecule has 1 aromatic carbocycles. The fourth-order valence-electron chi connectivity index (χ4n) is 1.56. The SMILES string of the molecule is CNCC(=O)NCC(C)(C)S(=O)(=O)c1ccc(Br)cc1. The molecule has 1 amide bonds. The van der Waals surface area contributed by atoms with Gasteiger partial charge in [0.05, 0.1) is 16.2 Å². The van der Waals surface area contributed by atoms with E-state index in [0.717, 1.165) is 4.47 Å². The molecular formula is C13H19BrN2O3S. The number of carbonyl (C=O) groups is 1. The molecular weight excluding hydrogens is 344 g/mol. The van der Waals surface area contributed by atoms with Gasteiger partial charge in [0.1, 0.15) is 0 Å². The van der Waals surface area contributed by atoms with E-state index in [1.54, 1.807) is 45.2 Å². The summed E-state index contributed by atoms with van der Waals surface area (Å²) in [6.45, 7) is 3.42. The summed E-state index contributed by atoms with van der Waals surface area (Å²) < 4.78 is 24.8. The van der Waals surface area contributed by atoms with Crippen molar-refractivity contribution >= 4 is 31.7 Å². The Bertz CT molecular complexity index is 568. The zero-order valence-electron chi connectivity index (χ0n) is 11.7. The molecule has 1 aromatic rings. The van der Waals surface area contributed by atoms with Crippen LogP contribution in [0.25, 0.3) is 0 Å². The molecule has 0 atom stereocenters. The molecule has 2 N–H and O–H groups in total. The molecule has 0 aliphatic carbocycles. The second kappa shape index (κ2) is 6.69. The molecule has 112 valence electrons. The van der Waals surface area contributed by atoms with Crippen molar-refractivity contribution in [2.24, 2.45) is 0 Å². The van der Waals surface area contributed by atoms with Crippen molar-refractivity contribution in [3.8, 4) is 0 Å². The lowest BCUT2D eigenvalue weighted by atomic mass is 10.2. The molecule has 0 heterocycles. The fraction of sp³-hybridized carbons (Fsp3) is 0.462. The first kappa shape index (κ1) is 17.1. The second-order valence-corrected chi connectivity index (χ2v) is 8.52. The van der Waals surface area contributed by atoms with Gasteiger partial charge >= 0.3 is 0 Å². The highest BCUT2D eigenvalue weighted by Crippen LogP contribution is 2.26.